The minimum atomic E-state index is -0.799. The molecule has 1 aromatic carbocycles. The normalized spacial score (nSPS) is 15.1. The van der Waals surface area contributed by atoms with Gasteiger partial charge in [0.15, 0.2) is 0 Å². The zero-order valence-corrected chi connectivity index (χ0v) is 8.37. The van der Waals surface area contributed by atoms with Gasteiger partial charge in [0.2, 0.25) is 0 Å². The van der Waals surface area contributed by atoms with E-state index in [0.717, 1.165) is 11.3 Å². The maximum absolute atomic E-state index is 10.0. The van der Waals surface area contributed by atoms with Gasteiger partial charge in [-0.1, -0.05) is 25.1 Å². The minimum Gasteiger partial charge on any atom is -0.496 e. The van der Waals surface area contributed by atoms with Crippen LogP contribution in [0.5, 0.6) is 5.75 Å². The van der Waals surface area contributed by atoms with Crippen molar-refractivity contribution in [2.45, 2.75) is 25.9 Å². The highest BCUT2D eigenvalue weighted by atomic mass is 16.5. The van der Waals surface area contributed by atoms with Crippen LogP contribution in [0.4, 0.5) is 0 Å². The monoisotopic (exact) mass is 180 g/mol. The molecule has 13 heavy (non-hydrogen) atoms. The Kier molecular flexibility index (Phi) is 2.94. The molecule has 0 aliphatic heterocycles. The van der Waals surface area contributed by atoms with Crippen LogP contribution >= 0.6 is 0 Å². The smallest absolute Gasteiger partial charge is 0.124 e. The van der Waals surface area contributed by atoms with Crippen LogP contribution in [0.25, 0.3) is 0 Å². The molecule has 0 aliphatic carbocycles. The highest BCUT2D eigenvalue weighted by molar-refractivity contribution is 5.37. The third-order valence-electron chi connectivity index (χ3n) is 2.38. The Bertz CT molecular complexity index is 279. The van der Waals surface area contributed by atoms with Gasteiger partial charge in [0, 0.05) is 5.56 Å². The lowest BCUT2D eigenvalue weighted by molar-refractivity contribution is 0.0505. The molecule has 1 atom stereocenters. The molecule has 0 radical (unpaired) electrons. The van der Waals surface area contributed by atoms with Gasteiger partial charge in [-0.3, -0.25) is 0 Å². The minimum absolute atomic E-state index is 0.674. The molecule has 0 saturated heterocycles. The van der Waals surface area contributed by atoms with Crippen LogP contribution in [0.2, 0.25) is 0 Å². The summed E-state index contributed by atoms with van der Waals surface area (Å²) in [5.74, 6) is 0.745. The van der Waals surface area contributed by atoms with Crippen molar-refractivity contribution in [2.75, 3.05) is 7.11 Å². The first-order valence-electron chi connectivity index (χ1n) is 4.47. The first kappa shape index (κ1) is 10.1. The fourth-order valence-corrected chi connectivity index (χ4v) is 1.28. The molecule has 0 aromatic heterocycles. The summed E-state index contributed by atoms with van der Waals surface area (Å²) in [7, 11) is 1.62. The molecule has 1 N–H and O–H groups in total. The van der Waals surface area contributed by atoms with Crippen molar-refractivity contribution in [3.8, 4) is 5.75 Å². The molecule has 0 amide bonds. The number of benzene rings is 1. The van der Waals surface area contributed by atoms with E-state index in [1.54, 1.807) is 14.0 Å². The number of ether oxygens (including phenoxy) is 1. The van der Waals surface area contributed by atoms with E-state index in [1.165, 1.54) is 0 Å². The van der Waals surface area contributed by atoms with Gasteiger partial charge in [-0.05, 0) is 19.4 Å². The molecule has 72 valence electrons. The molecule has 1 unspecified atom stereocenters. The second-order valence-corrected chi connectivity index (χ2v) is 3.33. The van der Waals surface area contributed by atoms with Crippen molar-refractivity contribution in [1.82, 2.24) is 0 Å². The average molecular weight is 180 g/mol. The second kappa shape index (κ2) is 3.79. The molecule has 0 heterocycles. The van der Waals surface area contributed by atoms with Crippen molar-refractivity contribution in [1.29, 1.82) is 0 Å². The first-order chi connectivity index (χ1) is 6.11. The van der Waals surface area contributed by atoms with Crippen LogP contribution in [-0.2, 0) is 5.60 Å². The lowest BCUT2D eigenvalue weighted by atomic mass is 9.93. The Hall–Kier alpha value is -1.02. The lowest BCUT2D eigenvalue weighted by Crippen LogP contribution is -2.20. The second-order valence-electron chi connectivity index (χ2n) is 3.33. The van der Waals surface area contributed by atoms with Crippen LogP contribution in [-0.4, -0.2) is 12.2 Å². The van der Waals surface area contributed by atoms with E-state index in [4.69, 9.17) is 4.74 Å². The average Bonchev–Trinajstić information content (AvgIpc) is 2.18. The summed E-state index contributed by atoms with van der Waals surface area (Å²) in [5.41, 5.74) is 0.0482. The van der Waals surface area contributed by atoms with Crippen LogP contribution in [0.15, 0.2) is 24.3 Å². The van der Waals surface area contributed by atoms with Crippen molar-refractivity contribution < 1.29 is 9.84 Å². The van der Waals surface area contributed by atoms with Gasteiger partial charge >= 0.3 is 0 Å². The number of para-hydroxylation sites is 1. The van der Waals surface area contributed by atoms with Crippen LogP contribution in [0.3, 0.4) is 0 Å². The summed E-state index contributed by atoms with van der Waals surface area (Å²) in [6.07, 6.45) is 0.674. The molecule has 0 aliphatic rings. The molecule has 2 heteroatoms. The number of hydrogen-bond acceptors (Lipinski definition) is 2. The highest BCUT2D eigenvalue weighted by Gasteiger charge is 2.23. The van der Waals surface area contributed by atoms with Crippen LogP contribution < -0.4 is 4.74 Å². The van der Waals surface area contributed by atoms with E-state index in [0.29, 0.717) is 6.42 Å². The fraction of sp³-hybridized carbons (Fsp3) is 0.455. The van der Waals surface area contributed by atoms with E-state index in [9.17, 15) is 5.11 Å². The third kappa shape index (κ3) is 2.01. The third-order valence-corrected chi connectivity index (χ3v) is 2.38. The van der Waals surface area contributed by atoms with Crippen LogP contribution in [0.1, 0.15) is 25.8 Å². The number of rotatable bonds is 3. The first-order valence-corrected chi connectivity index (χ1v) is 4.47. The molecule has 0 fully saturated rings. The zero-order chi connectivity index (χ0) is 9.90. The van der Waals surface area contributed by atoms with Gasteiger partial charge in [-0.2, -0.15) is 0 Å². The largest absolute Gasteiger partial charge is 0.496 e. The molecule has 1 aromatic rings. The number of aliphatic hydroxyl groups is 1. The standard InChI is InChI=1S/C11H16O2/c1-4-11(2,12)9-7-5-6-8-10(9)13-3/h5-8,12H,4H2,1-3H3. The SMILES string of the molecule is CCC(C)(O)c1ccccc1OC. The van der Waals surface area contributed by atoms with E-state index in [-0.39, 0.29) is 0 Å². The summed E-state index contributed by atoms with van der Waals surface area (Å²) in [5, 5.41) is 10.0. The predicted molar refractivity (Wildman–Crippen MR) is 52.9 cm³/mol. The molecule has 0 bridgehead atoms. The van der Waals surface area contributed by atoms with E-state index in [1.807, 2.05) is 31.2 Å². The van der Waals surface area contributed by atoms with Crippen molar-refractivity contribution in [3.05, 3.63) is 29.8 Å². The Morgan fingerprint density at radius 2 is 2.00 bits per heavy atom. The highest BCUT2D eigenvalue weighted by Crippen LogP contribution is 2.31. The summed E-state index contributed by atoms with van der Waals surface area (Å²) < 4.78 is 5.17. The Morgan fingerprint density at radius 1 is 1.38 bits per heavy atom. The Morgan fingerprint density at radius 3 is 2.54 bits per heavy atom. The van der Waals surface area contributed by atoms with Gasteiger partial charge in [0.1, 0.15) is 5.75 Å². The van der Waals surface area contributed by atoms with Gasteiger partial charge in [-0.25, -0.2) is 0 Å². The van der Waals surface area contributed by atoms with Gasteiger partial charge < -0.3 is 9.84 Å². The quantitative estimate of drug-likeness (QED) is 0.773. The van der Waals surface area contributed by atoms with Gasteiger partial charge in [-0.15, -0.1) is 0 Å². The van der Waals surface area contributed by atoms with Crippen LogP contribution in [0, 0.1) is 0 Å². The molecular weight excluding hydrogens is 164 g/mol. The summed E-state index contributed by atoms with van der Waals surface area (Å²) in [4.78, 5) is 0. The molecule has 0 spiro atoms. The summed E-state index contributed by atoms with van der Waals surface area (Å²) in [6, 6.07) is 7.55. The molecule has 0 saturated carbocycles. The summed E-state index contributed by atoms with van der Waals surface area (Å²) >= 11 is 0. The van der Waals surface area contributed by atoms with E-state index < -0.39 is 5.60 Å². The predicted octanol–water partition coefficient (Wildman–Crippen LogP) is 2.31. The van der Waals surface area contributed by atoms with E-state index >= 15 is 0 Å². The Balaban J connectivity index is 3.12. The fourth-order valence-electron chi connectivity index (χ4n) is 1.28. The Labute approximate surface area is 79.2 Å². The number of hydrogen-bond donors (Lipinski definition) is 1. The van der Waals surface area contributed by atoms with Crippen molar-refractivity contribution in [3.63, 3.8) is 0 Å². The van der Waals surface area contributed by atoms with Crippen molar-refractivity contribution >= 4 is 0 Å². The maximum Gasteiger partial charge on any atom is 0.124 e. The molecule has 1 rings (SSSR count). The summed E-state index contributed by atoms with van der Waals surface area (Å²) in [6.45, 7) is 3.75. The lowest BCUT2D eigenvalue weighted by Gasteiger charge is -2.23. The van der Waals surface area contributed by atoms with Gasteiger partial charge in [0.05, 0.1) is 12.7 Å². The van der Waals surface area contributed by atoms with E-state index in [2.05, 4.69) is 0 Å². The molecule has 2 nitrogen and oxygen atoms in total. The van der Waals surface area contributed by atoms with Gasteiger partial charge in [0.25, 0.3) is 0 Å². The topological polar surface area (TPSA) is 29.5 Å². The van der Waals surface area contributed by atoms with Crippen molar-refractivity contribution in [2.24, 2.45) is 0 Å². The number of methoxy groups -OCH3 is 1. The zero-order valence-electron chi connectivity index (χ0n) is 8.37. The molecular formula is C11H16O2. The maximum atomic E-state index is 10.0.